The number of carboxylic acid groups (broad SMARTS) is 1. The highest BCUT2D eigenvalue weighted by molar-refractivity contribution is 7.10. The molecule has 4 heterocycles. The summed E-state index contributed by atoms with van der Waals surface area (Å²) in [4.78, 5) is 31.8. The molecule has 1 unspecified atom stereocenters. The number of nitrogens with zero attached hydrogens (tertiary/aromatic N) is 3. The third-order valence-electron chi connectivity index (χ3n) is 5.94. The largest absolute Gasteiger partial charge is 0.490 e. The minimum atomic E-state index is -5.08. The van der Waals surface area contributed by atoms with E-state index in [9.17, 15) is 18.0 Å². The van der Waals surface area contributed by atoms with E-state index in [0.29, 0.717) is 6.54 Å². The van der Waals surface area contributed by atoms with Crippen molar-refractivity contribution in [3.05, 3.63) is 38.5 Å². The number of carbonyl (C=O) groups is 2. The van der Waals surface area contributed by atoms with Crippen LogP contribution in [0.1, 0.15) is 35.3 Å². The number of likely N-dealkylation sites (tertiary alicyclic amines) is 1. The standard InChI is InChI=1S/C19H25N3O2S2.C2HF3O2/c1-14-19(5-7-21(8-6-19)11-17-4-3-9-25-17)24-12-18(23)22(14)10-16-13-26-15(2)20-16;3-2(4,5)1(6)7/h3-4,9,13-14H,5-8,10-12H2,1-2H3;(H,6,7). The van der Waals surface area contributed by atoms with Gasteiger partial charge in [-0.25, -0.2) is 9.78 Å². The van der Waals surface area contributed by atoms with Gasteiger partial charge in [-0.3, -0.25) is 9.69 Å². The van der Waals surface area contributed by atoms with Gasteiger partial charge in [0.15, 0.2) is 0 Å². The summed E-state index contributed by atoms with van der Waals surface area (Å²) in [6.07, 6.45) is -3.14. The third kappa shape index (κ3) is 6.52. The molecule has 1 N–H and O–H groups in total. The van der Waals surface area contributed by atoms with E-state index in [4.69, 9.17) is 14.6 Å². The molecule has 0 aliphatic carbocycles. The number of aromatic nitrogens is 1. The molecule has 2 aliphatic rings. The van der Waals surface area contributed by atoms with Crippen LogP contribution in [0.25, 0.3) is 0 Å². The van der Waals surface area contributed by atoms with E-state index in [2.05, 4.69) is 39.7 Å². The predicted molar refractivity (Wildman–Crippen MR) is 118 cm³/mol. The molecule has 0 radical (unpaired) electrons. The summed E-state index contributed by atoms with van der Waals surface area (Å²) in [6.45, 7) is 7.98. The van der Waals surface area contributed by atoms with Gasteiger partial charge in [0, 0.05) is 29.9 Å². The highest BCUT2D eigenvalue weighted by Gasteiger charge is 2.48. The number of amides is 1. The number of carbonyl (C=O) groups excluding carboxylic acids is 1. The van der Waals surface area contributed by atoms with E-state index in [1.165, 1.54) is 4.88 Å². The lowest BCUT2D eigenvalue weighted by atomic mass is 9.82. The van der Waals surface area contributed by atoms with E-state index < -0.39 is 12.1 Å². The quantitative estimate of drug-likeness (QED) is 0.678. The second kappa shape index (κ2) is 10.5. The number of ether oxygens (including phenoxy) is 1. The summed E-state index contributed by atoms with van der Waals surface area (Å²) in [5.41, 5.74) is 0.769. The molecule has 0 saturated carbocycles. The van der Waals surface area contributed by atoms with Gasteiger partial charge in [-0.2, -0.15) is 13.2 Å². The Morgan fingerprint density at radius 2 is 1.97 bits per heavy atom. The summed E-state index contributed by atoms with van der Waals surface area (Å²) in [5, 5.41) is 12.4. The van der Waals surface area contributed by atoms with Crippen LogP contribution < -0.4 is 0 Å². The van der Waals surface area contributed by atoms with Crippen LogP contribution in [0.5, 0.6) is 0 Å². The Bertz CT molecular complexity index is 941. The molecule has 4 rings (SSSR count). The Kier molecular flexibility index (Phi) is 8.14. The first-order valence-electron chi connectivity index (χ1n) is 10.4. The number of halogens is 3. The second-order valence-electron chi connectivity index (χ2n) is 8.07. The van der Waals surface area contributed by atoms with Gasteiger partial charge < -0.3 is 14.7 Å². The maximum atomic E-state index is 12.5. The molecule has 182 valence electrons. The molecule has 1 atom stereocenters. The Labute approximate surface area is 197 Å². The van der Waals surface area contributed by atoms with Crippen molar-refractivity contribution in [2.45, 2.75) is 57.6 Å². The van der Waals surface area contributed by atoms with Gasteiger partial charge >= 0.3 is 12.1 Å². The van der Waals surface area contributed by atoms with Gasteiger partial charge in [-0.05, 0) is 38.1 Å². The van der Waals surface area contributed by atoms with Crippen molar-refractivity contribution in [3.8, 4) is 0 Å². The topological polar surface area (TPSA) is 83.0 Å². The predicted octanol–water partition coefficient (Wildman–Crippen LogP) is 3.93. The Hall–Kier alpha value is -2.02. The lowest BCUT2D eigenvalue weighted by Gasteiger charge is -2.51. The van der Waals surface area contributed by atoms with Crippen molar-refractivity contribution in [3.63, 3.8) is 0 Å². The Morgan fingerprint density at radius 1 is 1.30 bits per heavy atom. The first-order valence-corrected chi connectivity index (χ1v) is 12.2. The van der Waals surface area contributed by atoms with Crippen LogP contribution in [0.2, 0.25) is 0 Å². The van der Waals surface area contributed by atoms with Crippen molar-refractivity contribution in [2.24, 2.45) is 0 Å². The number of hydrogen-bond donors (Lipinski definition) is 1. The number of carboxylic acids is 1. The van der Waals surface area contributed by atoms with Crippen LogP contribution in [0, 0.1) is 6.92 Å². The summed E-state index contributed by atoms with van der Waals surface area (Å²) in [7, 11) is 0. The monoisotopic (exact) mass is 505 g/mol. The van der Waals surface area contributed by atoms with Crippen molar-refractivity contribution in [1.82, 2.24) is 14.8 Å². The number of morpholine rings is 1. The summed E-state index contributed by atoms with van der Waals surface area (Å²) in [5.74, 6) is -2.68. The fourth-order valence-corrected chi connectivity index (χ4v) is 5.41. The average Bonchev–Trinajstić information content (AvgIpc) is 3.41. The first-order chi connectivity index (χ1) is 15.5. The van der Waals surface area contributed by atoms with E-state index in [0.717, 1.165) is 43.2 Å². The second-order valence-corrected chi connectivity index (χ2v) is 10.2. The van der Waals surface area contributed by atoms with Crippen LogP contribution in [0.4, 0.5) is 13.2 Å². The molecule has 2 aromatic heterocycles. The maximum Gasteiger partial charge on any atom is 0.490 e. The van der Waals surface area contributed by atoms with Crippen LogP contribution in [0.3, 0.4) is 0 Å². The van der Waals surface area contributed by atoms with Crippen LogP contribution in [-0.4, -0.2) is 69.3 Å². The van der Waals surface area contributed by atoms with Gasteiger partial charge in [0.25, 0.3) is 0 Å². The summed E-state index contributed by atoms with van der Waals surface area (Å²) < 4.78 is 37.9. The van der Waals surface area contributed by atoms with Crippen LogP contribution >= 0.6 is 22.7 Å². The maximum absolute atomic E-state index is 12.5. The van der Waals surface area contributed by atoms with Gasteiger partial charge in [0.05, 0.1) is 28.9 Å². The number of aliphatic carboxylic acids is 1. The van der Waals surface area contributed by atoms with E-state index in [1.54, 1.807) is 11.3 Å². The van der Waals surface area contributed by atoms with Crippen molar-refractivity contribution >= 4 is 34.6 Å². The van der Waals surface area contributed by atoms with Crippen molar-refractivity contribution in [1.29, 1.82) is 0 Å². The average molecular weight is 506 g/mol. The lowest BCUT2D eigenvalue weighted by molar-refractivity contribution is -0.192. The minimum absolute atomic E-state index is 0.0784. The molecule has 1 spiro atoms. The van der Waals surface area contributed by atoms with Gasteiger partial charge in [-0.1, -0.05) is 6.07 Å². The molecular formula is C21H26F3N3O4S2. The Balaban J connectivity index is 0.000000383. The zero-order valence-corrected chi connectivity index (χ0v) is 19.9. The van der Waals surface area contributed by atoms with Gasteiger partial charge in [0.2, 0.25) is 5.91 Å². The molecule has 2 fully saturated rings. The smallest absolute Gasteiger partial charge is 0.475 e. The molecule has 0 aromatic carbocycles. The van der Waals surface area contributed by atoms with Crippen molar-refractivity contribution in [2.75, 3.05) is 19.7 Å². The zero-order chi connectivity index (χ0) is 24.2. The summed E-state index contributed by atoms with van der Waals surface area (Å²) in [6, 6.07) is 4.39. The molecular weight excluding hydrogens is 479 g/mol. The van der Waals surface area contributed by atoms with Crippen LogP contribution in [-0.2, 0) is 27.4 Å². The van der Waals surface area contributed by atoms with E-state index in [-0.39, 0.29) is 24.2 Å². The highest BCUT2D eigenvalue weighted by atomic mass is 32.1. The minimum Gasteiger partial charge on any atom is -0.475 e. The normalized spacial score (nSPS) is 21.1. The molecule has 2 saturated heterocycles. The number of hydrogen-bond acceptors (Lipinski definition) is 7. The van der Waals surface area contributed by atoms with E-state index in [1.807, 2.05) is 23.2 Å². The zero-order valence-electron chi connectivity index (χ0n) is 18.3. The van der Waals surface area contributed by atoms with E-state index >= 15 is 0 Å². The fourth-order valence-electron chi connectivity index (χ4n) is 4.06. The van der Waals surface area contributed by atoms with Crippen LogP contribution in [0.15, 0.2) is 22.9 Å². The Morgan fingerprint density at radius 3 is 2.48 bits per heavy atom. The van der Waals surface area contributed by atoms with Gasteiger partial charge in [-0.15, -0.1) is 22.7 Å². The summed E-state index contributed by atoms with van der Waals surface area (Å²) >= 11 is 3.45. The van der Waals surface area contributed by atoms with Gasteiger partial charge in [0.1, 0.15) is 6.61 Å². The molecule has 0 bridgehead atoms. The lowest BCUT2D eigenvalue weighted by Crippen LogP contribution is -2.63. The number of rotatable bonds is 4. The number of thiazole rings is 1. The number of alkyl halides is 3. The molecule has 7 nitrogen and oxygen atoms in total. The molecule has 33 heavy (non-hydrogen) atoms. The SMILES string of the molecule is Cc1nc(CN2C(=O)COC3(CCN(Cc4cccs4)CC3)C2C)cs1.O=C(O)C(F)(F)F. The molecule has 12 heteroatoms. The highest BCUT2D eigenvalue weighted by Crippen LogP contribution is 2.37. The molecule has 2 aliphatic heterocycles. The molecule has 1 amide bonds. The third-order valence-corrected chi connectivity index (χ3v) is 7.62. The molecule has 2 aromatic rings. The number of piperidine rings is 1. The number of aryl methyl sites for hydroxylation is 1. The van der Waals surface area contributed by atoms with Crippen molar-refractivity contribution < 1.29 is 32.6 Å². The first kappa shape index (κ1) is 25.6. The number of thiophene rings is 1. The fraction of sp³-hybridized carbons (Fsp3) is 0.571.